The van der Waals surface area contributed by atoms with Crippen LogP contribution in [0.5, 0.6) is 0 Å². The Hall–Kier alpha value is -3.77. The SMILES string of the molecule is N=C(N)c1ccc2c([N+](=O)[O-])c(C(=O)NC3CCC(N)CC3)n(CCS(=O)(=O)c3ccccc3)c2c1. The average molecular weight is 513 g/mol. The summed E-state index contributed by atoms with van der Waals surface area (Å²) in [6.45, 7) is -0.207. The Kier molecular flexibility index (Phi) is 7.09. The van der Waals surface area contributed by atoms with Crippen molar-refractivity contribution in [1.29, 1.82) is 5.41 Å². The first-order valence-corrected chi connectivity index (χ1v) is 13.2. The number of rotatable bonds is 8. The van der Waals surface area contributed by atoms with E-state index in [-0.39, 0.29) is 51.7 Å². The van der Waals surface area contributed by atoms with E-state index >= 15 is 0 Å². The fourth-order valence-electron chi connectivity index (χ4n) is 4.62. The molecule has 0 saturated heterocycles. The third kappa shape index (κ3) is 5.09. The predicted molar refractivity (Wildman–Crippen MR) is 136 cm³/mol. The van der Waals surface area contributed by atoms with Crippen molar-refractivity contribution in [3.63, 3.8) is 0 Å². The minimum absolute atomic E-state index is 0.0622. The summed E-state index contributed by atoms with van der Waals surface area (Å²) in [5.41, 5.74) is 11.5. The average Bonchev–Trinajstić information content (AvgIpc) is 3.19. The Bertz CT molecular complexity index is 1430. The number of nitrogens with zero attached hydrogens (tertiary/aromatic N) is 2. The number of fused-ring (bicyclic) bond motifs is 1. The van der Waals surface area contributed by atoms with Crippen molar-refractivity contribution >= 4 is 38.2 Å². The molecule has 2 aromatic carbocycles. The van der Waals surface area contributed by atoms with Gasteiger partial charge in [0, 0.05) is 24.2 Å². The minimum atomic E-state index is -3.74. The number of aryl methyl sites for hydroxylation is 1. The lowest BCUT2D eigenvalue weighted by molar-refractivity contribution is -0.383. The van der Waals surface area contributed by atoms with Crippen LogP contribution in [0.25, 0.3) is 10.9 Å². The van der Waals surface area contributed by atoms with Gasteiger partial charge in [-0.25, -0.2) is 8.42 Å². The van der Waals surface area contributed by atoms with Crippen LogP contribution in [0.3, 0.4) is 0 Å². The maximum Gasteiger partial charge on any atom is 0.307 e. The number of nitrogens with two attached hydrogens (primary N) is 2. The lowest BCUT2D eigenvalue weighted by atomic mass is 9.92. The molecule has 0 radical (unpaired) electrons. The molecular formula is C24H28N6O5S. The van der Waals surface area contributed by atoms with Crippen molar-refractivity contribution in [2.45, 2.75) is 49.2 Å². The van der Waals surface area contributed by atoms with Crippen LogP contribution in [-0.2, 0) is 16.4 Å². The van der Waals surface area contributed by atoms with E-state index in [2.05, 4.69) is 5.32 Å². The highest BCUT2D eigenvalue weighted by atomic mass is 32.2. The summed E-state index contributed by atoms with van der Waals surface area (Å²) in [6.07, 6.45) is 2.76. The maximum atomic E-state index is 13.4. The van der Waals surface area contributed by atoms with Crippen LogP contribution in [0, 0.1) is 15.5 Å². The highest BCUT2D eigenvalue weighted by molar-refractivity contribution is 7.91. The first kappa shape index (κ1) is 25.3. The van der Waals surface area contributed by atoms with Gasteiger partial charge in [-0.3, -0.25) is 20.3 Å². The van der Waals surface area contributed by atoms with E-state index in [9.17, 15) is 23.3 Å². The molecule has 190 valence electrons. The Morgan fingerprint density at radius 3 is 2.42 bits per heavy atom. The summed E-state index contributed by atoms with van der Waals surface area (Å²) in [4.78, 5) is 25.1. The number of carbonyl (C=O) groups excluding carboxylic acids is 1. The molecule has 1 fully saturated rings. The number of aromatic nitrogens is 1. The van der Waals surface area contributed by atoms with Gasteiger partial charge in [-0.2, -0.15) is 0 Å². The molecule has 0 spiro atoms. The van der Waals surface area contributed by atoms with Gasteiger partial charge in [-0.15, -0.1) is 0 Å². The van der Waals surface area contributed by atoms with Gasteiger partial charge in [0.15, 0.2) is 15.5 Å². The number of amides is 1. The molecule has 1 aliphatic rings. The van der Waals surface area contributed by atoms with Crippen molar-refractivity contribution in [3.8, 4) is 0 Å². The van der Waals surface area contributed by atoms with E-state index in [1.807, 2.05) is 0 Å². The standard InChI is InChI=1S/C24H28N6O5S/c25-16-7-9-17(10-8-16)28-24(31)22-21(30(32)33)19-11-6-15(23(26)27)14-20(19)29(22)12-13-36(34,35)18-4-2-1-3-5-18/h1-6,11,14,16-17H,7-10,12-13,25H2,(H3,26,27)(H,28,31). The van der Waals surface area contributed by atoms with Gasteiger partial charge in [-0.1, -0.05) is 24.3 Å². The van der Waals surface area contributed by atoms with Crippen molar-refractivity contribution < 1.29 is 18.1 Å². The third-order valence-electron chi connectivity index (χ3n) is 6.54. The number of nitrogens with one attached hydrogen (secondary N) is 2. The Morgan fingerprint density at radius 1 is 1.14 bits per heavy atom. The second-order valence-corrected chi connectivity index (χ2v) is 11.1. The Labute approximate surface area is 208 Å². The number of sulfone groups is 1. The van der Waals surface area contributed by atoms with Crippen LogP contribution < -0.4 is 16.8 Å². The number of benzene rings is 2. The molecule has 3 aromatic rings. The zero-order valence-electron chi connectivity index (χ0n) is 19.5. The van der Waals surface area contributed by atoms with Crippen LogP contribution in [0.4, 0.5) is 5.69 Å². The summed E-state index contributed by atoms with van der Waals surface area (Å²) in [7, 11) is -3.74. The highest BCUT2D eigenvalue weighted by Crippen LogP contribution is 2.34. The molecule has 1 amide bonds. The van der Waals surface area contributed by atoms with E-state index in [0.29, 0.717) is 18.4 Å². The number of carbonyl (C=O) groups is 1. The molecule has 1 heterocycles. The summed E-state index contributed by atoms with van der Waals surface area (Å²) in [5, 5.41) is 22.9. The van der Waals surface area contributed by atoms with Gasteiger partial charge in [0.1, 0.15) is 5.84 Å². The molecule has 12 heteroatoms. The number of amidine groups is 1. The summed E-state index contributed by atoms with van der Waals surface area (Å²) in [6, 6.07) is 12.1. The first-order chi connectivity index (χ1) is 17.1. The van der Waals surface area contributed by atoms with Crippen LogP contribution >= 0.6 is 0 Å². The van der Waals surface area contributed by atoms with Crippen molar-refractivity contribution in [2.75, 3.05) is 5.75 Å². The largest absolute Gasteiger partial charge is 0.384 e. The number of nitro groups is 1. The Morgan fingerprint density at radius 2 is 1.81 bits per heavy atom. The van der Waals surface area contributed by atoms with E-state index < -0.39 is 26.4 Å². The number of hydrogen-bond donors (Lipinski definition) is 4. The molecule has 0 atom stereocenters. The lowest BCUT2D eigenvalue weighted by Crippen LogP contribution is -2.41. The van der Waals surface area contributed by atoms with Crippen LogP contribution in [0.1, 0.15) is 41.7 Å². The molecule has 36 heavy (non-hydrogen) atoms. The zero-order chi connectivity index (χ0) is 26.0. The van der Waals surface area contributed by atoms with Gasteiger partial charge in [0.05, 0.1) is 26.5 Å². The fourth-order valence-corrected chi connectivity index (χ4v) is 5.85. The molecule has 11 nitrogen and oxygen atoms in total. The van der Waals surface area contributed by atoms with Gasteiger partial charge >= 0.3 is 5.69 Å². The van der Waals surface area contributed by atoms with Gasteiger partial charge < -0.3 is 21.4 Å². The monoisotopic (exact) mass is 512 g/mol. The molecule has 0 unspecified atom stereocenters. The molecule has 1 saturated carbocycles. The molecule has 4 rings (SSSR count). The molecule has 1 aliphatic carbocycles. The lowest BCUT2D eigenvalue weighted by Gasteiger charge is -2.26. The molecule has 0 aliphatic heterocycles. The third-order valence-corrected chi connectivity index (χ3v) is 8.25. The Balaban J connectivity index is 1.80. The van der Waals surface area contributed by atoms with Gasteiger partial charge in [0.2, 0.25) is 0 Å². The fraction of sp³-hybridized carbons (Fsp3) is 0.333. The van der Waals surface area contributed by atoms with E-state index in [4.69, 9.17) is 16.9 Å². The van der Waals surface area contributed by atoms with Crippen molar-refractivity contribution in [3.05, 3.63) is 69.9 Å². The first-order valence-electron chi connectivity index (χ1n) is 11.6. The second-order valence-electron chi connectivity index (χ2n) is 8.97. The summed E-state index contributed by atoms with van der Waals surface area (Å²) < 4.78 is 27.3. The summed E-state index contributed by atoms with van der Waals surface area (Å²) in [5.74, 6) is -1.30. The molecule has 1 aromatic heterocycles. The molecule has 0 bridgehead atoms. The molecular weight excluding hydrogens is 484 g/mol. The van der Waals surface area contributed by atoms with Crippen LogP contribution in [0.2, 0.25) is 0 Å². The minimum Gasteiger partial charge on any atom is -0.384 e. The van der Waals surface area contributed by atoms with Crippen LogP contribution in [-0.4, -0.2) is 47.5 Å². The van der Waals surface area contributed by atoms with Crippen molar-refractivity contribution in [2.24, 2.45) is 11.5 Å². The highest BCUT2D eigenvalue weighted by Gasteiger charge is 2.33. The van der Waals surface area contributed by atoms with E-state index in [1.54, 1.807) is 18.2 Å². The van der Waals surface area contributed by atoms with Gasteiger partial charge in [0.25, 0.3) is 5.91 Å². The summed E-state index contributed by atoms with van der Waals surface area (Å²) >= 11 is 0. The predicted octanol–water partition coefficient (Wildman–Crippen LogP) is 2.31. The molecule has 6 N–H and O–H groups in total. The van der Waals surface area contributed by atoms with Gasteiger partial charge in [-0.05, 0) is 49.9 Å². The zero-order valence-corrected chi connectivity index (χ0v) is 20.3. The number of hydrogen-bond acceptors (Lipinski definition) is 7. The van der Waals surface area contributed by atoms with Crippen molar-refractivity contribution in [1.82, 2.24) is 9.88 Å². The quantitative estimate of drug-likeness (QED) is 0.154. The van der Waals surface area contributed by atoms with E-state index in [0.717, 1.165) is 12.8 Å². The topological polar surface area (TPSA) is 187 Å². The van der Waals surface area contributed by atoms with Crippen LogP contribution in [0.15, 0.2) is 53.4 Å². The van der Waals surface area contributed by atoms with E-state index in [1.165, 1.54) is 34.9 Å². The normalized spacial score (nSPS) is 18.1. The number of nitrogen functional groups attached to an aromatic ring is 1. The maximum absolute atomic E-state index is 13.4. The smallest absolute Gasteiger partial charge is 0.307 e. The second kappa shape index (κ2) is 10.1.